The van der Waals surface area contributed by atoms with Gasteiger partial charge in [-0.1, -0.05) is 174 Å². The molecular weight excluding hydrogens is 776 g/mol. The van der Waals surface area contributed by atoms with Gasteiger partial charge in [-0.3, -0.25) is 0 Å². The number of halogens is 1. The van der Waals surface area contributed by atoms with Crippen molar-refractivity contribution < 1.29 is 28.5 Å². The van der Waals surface area contributed by atoms with Crippen LogP contribution in [-0.4, -0.2) is 36.9 Å². The monoisotopic (exact) mass is 822 g/mol. The smallest absolute Gasteiger partial charge is 0.205 e. The van der Waals surface area contributed by atoms with Crippen LogP contribution >= 0.6 is 11.6 Å². The normalized spacial score (nSPS) is 20.1. The second-order valence-corrected chi connectivity index (χ2v) is 15.1. The van der Waals surface area contributed by atoms with Crippen LogP contribution in [0.25, 0.3) is 0 Å². The summed E-state index contributed by atoms with van der Waals surface area (Å²) in [5, 5.41) is 13.2. The van der Waals surface area contributed by atoms with Crippen molar-refractivity contribution in [2.24, 2.45) is 21.3 Å². The van der Waals surface area contributed by atoms with Gasteiger partial charge in [-0.15, -0.1) is 0 Å². The first-order chi connectivity index (χ1) is 29.6. The van der Waals surface area contributed by atoms with Gasteiger partial charge >= 0.3 is 0 Å². The third-order valence-corrected chi connectivity index (χ3v) is 11.0. The van der Waals surface area contributed by atoms with Gasteiger partial charge in [0.25, 0.3) is 0 Å². The lowest BCUT2D eigenvalue weighted by Crippen LogP contribution is -2.59. The maximum atomic E-state index is 7.25. The lowest BCUT2D eigenvalue weighted by atomic mass is 9.86. The fourth-order valence-corrected chi connectivity index (χ4v) is 7.96. The largest absolute Gasteiger partial charge is 0.491 e. The average Bonchev–Trinajstić information content (AvgIpc) is 3.81. The molecule has 10 nitrogen and oxygen atoms in total. The number of benzene rings is 6. The van der Waals surface area contributed by atoms with Crippen molar-refractivity contribution >= 4 is 17.4 Å². The van der Waals surface area contributed by atoms with E-state index >= 15 is 0 Å². The van der Waals surface area contributed by atoms with E-state index in [1.165, 1.54) is 0 Å². The molecule has 5 atom stereocenters. The minimum atomic E-state index is -0.989. The third-order valence-electron chi connectivity index (χ3n) is 10.6. The first-order valence-corrected chi connectivity index (χ1v) is 20.5. The Balaban J connectivity index is 1.23. The number of hydrogen-bond acceptors (Lipinski definition) is 9. The molecule has 8 rings (SSSR count). The van der Waals surface area contributed by atoms with E-state index in [1.807, 2.05) is 140 Å². The summed E-state index contributed by atoms with van der Waals surface area (Å²) < 4.78 is 34.4. The molecular formula is C49H47ClN4O6. The summed E-state index contributed by atoms with van der Waals surface area (Å²) in [5.41, 5.74) is 7.67. The highest BCUT2D eigenvalue weighted by molar-refractivity contribution is 6.33. The van der Waals surface area contributed by atoms with Crippen LogP contribution in [0.3, 0.4) is 0 Å². The molecule has 6 aromatic rings. The van der Waals surface area contributed by atoms with Crippen LogP contribution in [0.5, 0.6) is 5.75 Å². The molecule has 0 amide bonds. The molecule has 306 valence electrons. The zero-order valence-corrected chi connectivity index (χ0v) is 33.8. The Morgan fingerprint density at radius 1 is 0.617 bits per heavy atom. The van der Waals surface area contributed by atoms with Gasteiger partial charge in [0.1, 0.15) is 36.8 Å². The summed E-state index contributed by atoms with van der Waals surface area (Å²) in [4.78, 5) is 5.64. The maximum absolute atomic E-state index is 7.25. The molecule has 6 aromatic carbocycles. The molecule has 2 N–H and O–H groups in total. The Bertz CT molecular complexity index is 2320. The van der Waals surface area contributed by atoms with E-state index in [0.717, 1.165) is 44.5 Å². The van der Waals surface area contributed by atoms with Crippen molar-refractivity contribution in [3.63, 3.8) is 0 Å². The van der Waals surface area contributed by atoms with Gasteiger partial charge in [0.05, 0.1) is 31.5 Å². The highest BCUT2D eigenvalue weighted by Gasteiger charge is 2.52. The zero-order valence-electron chi connectivity index (χ0n) is 33.1. The molecule has 60 heavy (non-hydrogen) atoms. The van der Waals surface area contributed by atoms with Gasteiger partial charge in [0.2, 0.25) is 5.84 Å². The van der Waals surface area contributed by atoms with Crippen LogP contribution in [0.15, 0.2) is 173 Å². The van der Waals surface area contributed by atoms with E-state index in [-0.39, 0.29) is 32.3 Å². The molecule has 2 aliphatic rings. The van der Waals surface area contributed by atoms with E-state index in [1.54, 1.807) is 0 Å². The number of ether oxygens (including phenoxy) is 5. The minimum absolute atomic E-state index is 0.0623. The molecule has 0 aromatic heterocycles. The van der Waals surface area contributed by atoms with Gasteiger partial charge in [-0.05, 0) is 45.4 Å². The van der Waals surface area contributed by atoms with Crippen molar-refractivity contribution in [2.45, 2.75) is 69.8 Å². The summed E-state index contributed by atoms with van der Waals surface area (Å²) in [5.74, 6) is 6.89. The van der Waals surface area contributed by atoms with E-state index in [4.69, 9.17) is 46.0 Å². The van der Waals surface area contributed by atoms with Gasteiger partial charge < -0.3 is 34.4 Å². The third kappa shape index (κ3) is 10.1. The zero-order chi connectivity index (χ0) is 40.9. The summed E-state index contributed by atoms with van der Waals surface area (Å²) in [7, 11) is 0. The lowest BCUT2D eigenvalue weighted by Gasteiger charge is -2.46. The van der Waals surface area contributed by atoms with E-state index in [2.05, 4.69) is 33.7 Å². The van der Waals surface area contributed by atoms with E-state index in [9.17, 15) is 0 Å². The minimum Gasteiger partial charge on any atom is -0.491 e. The fourth-order valence-electron chi connectivity index (χ4n) is 7.67. The molecule has 0 radical (unpaired) electrons. The summed E-state index contributed by atoms with van der Waals surface area (Å²) in [6.07, 6.45) is -2.83. The number of nitrogens with two attached hydrogens (primary N) is 1. The number of hydrazone groups is 1. The molecule has 2 heterocycles. The first kappa shape index (κ1) is 40.9. The molecule has 0 bridgehead atoms. The van der Waals surface area contributed by atoms with Gasteiger partial charge in [0.15, 0.2) is 6.10 Å². The quantitative estimate of drug-likeness (QED) is 0.0340. The number of hydrogen-bond donors (Lipinski definition) is 1. The first-order valence-electron chi connectivity index (χ1n) is 20.1. The summed E-state index contributed by atoms with van der Waals surface area (Å²) in [6.45, 7) is 1.45. The predicted molar refractivity (Wildman–Crippen MR) is 230 cm³/mol. The Labute approximate surface area is 355 Å². The summed E-state index contributed by atoms with van der Waals surface area (Å²) >= 11 is 7.16. The average molecular weight is 823 g/mol. The number of fused-ring (bicyclic) bond motifs is 1. The molecule has 0 aliphatic carbocycles. The van der Waals surface area contributed by atoms with Crippen molar-refractivity contribution in [1.82, 2.24) is 0 Å². The molecule has 0 unspecified atom stereocenters. The fraction of sp³-hybridized carbons (Fsp3) is 0.245. The van der Waals surface area contributed by atoms with Crippen LogP contribution in [-0.2, 0) is 63.1 Å². The van der Waals surface area contributed by atoms with E-state index < -0.39 is 30.5 Å². The Kier molecular flexibility index (Phi) is 13.9. The summed E-state index contributed by atoms with van der Waals surface area (Å²) in [6, 6.07) is 52.0. The molecule has 0 saturated carbocycles. The maximum Gasteiger partial charge on any atom is 0.205 e. The molecule has 1 fully saturated rings. The lowest BCUT2D eigenvalue weighted by molar-refractivity contribution is -0.254. The molecule has 0 spiro atoms. The van der Waals surface area contributed by atoms with Crippen LogP contribution in [0.1, 0.15) is 50.6 Å². The standard InChI is InChI=1S/C49H47ClN4O6/c50-42-39(28-34-16-6-1-7-17-34)29-41(40-26-27-55-43(40)42)44-45(56-30-35-18-8-2-9-19-35)46(57-31-36-20-10-3-11-21-36)47(58-32-37-22-12-4-13-23-37)48(60-44)49(52-51)53-54-59-33-38-24-14-5-15-25-38/h1-25,29,44-48H,26-28,30-33,51H2/t44-,45-,46+,47-,48-/m0/s1. The van der Waals surface area contributed by atoms with Crippen LogP contribution in [0.2, 0.25) is 5.02 Å². The Morgan fingerprint density at radius 3 is 1.63 bits per heavy atom. The number of nitrogens with zero attached hydrogens (tertiary/aromatic N) is 3. The Morgan fingerprint density at radius 2 is 1.10 bits per heavy atom. The van der Waals surface area contributed by atoms with Crippen LogP contribution in [0.4, 0.5) is 0 Å². The van der Waals surface area contributed by atoms with Crippen molar-refractivity contribution in [3.05, 3.63) is 207 Å². The highest BCUT2D eigenvalue weighted by Crippen LogP contribution is 2.47. The van der Waals surface area contributed by atoms with E-state index in [0.29, 0.717) is 30.2 Å². The molecule has 11 heteroatoms. The van der Waals surface area contributed by atoms with Crippen molar-refractivity contribution in [2.75, 3.05) is 6.61 Å². The molecule has 2 aliphatic heterocycles. The molecule has 1 saturated heterocycles. The highest BCUT2D eigenvalue weighted by atomic mass is 35.5. The van der Waals surface area contributed by atoms with Crippen molar-refractivity contribution in [1.29, 1.82) is 0 Å². The second-order valence-electron chi connectivity index (χ2n) is 14.7. The second kappa shape index (κ2) is 20.4. The predicted octanol–water partition coefficient (Wildman–Crippen LogP) is 9.92. The SMILES string of the molecule is NN=C(N=NOCc1ccccc1)[C@H]1O[C@@H](c2cc(Cc3ccccc3)c(Cl)c3c2CCO3)[C@H](OCc2ccccc2)[C@@H](OCc2ccccc2)[C@@H]1OCc1ccccc1. The number of amidine groups is 1. The topological polar surface area (TPSA) is 118 Å². The Hall–Kier alpha value is -5.88. The number of rotatable bonds is 16. The van der Waals surface area contributed by atoms with Crippen molar-refractivity contribution in [3.8, 4) is 5.75 Å². The van der Waals surface area contributed by atoms with Crippen LogP contribution < -0.4 is 10.6 Å². The van der Waals surface area contributed by atoms with Gasteiger partial charge in [-0.25, -0.2) is 0 Å². The van der Waals surface area contributed by atoms with Gasteiger partial charge in [-0.2, -0.15) is 5.10 Å². The van der Waals surface area contributed by atoms with Crippen LogP contribution in [0, 0.1) is 0 Å². The van der Waals surface area contributed by atoms with Gasteiger partial charge in [0, 0.05) is 17.3 Å².